The number of nitrogens with one attached hydrogen (secondary N) is 1. The Morgan fingerprint density at radius 3 is 2.70 bits per heavy atom. The number of fused-ring (bicyclic) bond motifs is 1. The number of carboxylic acids is 1. The second kappa shape index (κ2) is 9.27. The molecule has 9 heteroatoms. The van der Waals surface area contributed by atoms with E-state index in [4.69, 9.17) is 10.2 Å². The monoisotopic (exact) mass is 498 g/mol. The molecule has 2 aromatic heterocycles. The van der Waals surface area contributed by atoms with Crippen LogP contribution >= 0.6 is 0 Å². The predicted octanol–water partition coefficient (Wildman–Crippen LogP) is 5.55. The average Bonchev–Trinajstić information content (AvgIpc) is 3.34. The van der Waals surface area contributed by atoms with Crippen molar-refractivity contribution in [2.24, 2.45) is 0 Å². The molecule has 2 heterocycles. The number of aromatic carboxylic acids is 1. The standard InChI is InChI=1S/C28H23FN4O4/c1-15-9-20(16(2)32-23-6-4-3-5-19(23)28(35)36)27-21(10-15)25(34)12-26(37-27)17-13-31-33(14-17)24-8-7-18(30)11-22(24)29/h3-14,16,32H,30H2,1-2H3,(H,35,36). The van der Waals surface area contributed by atoms with Gasteiger partial charge in [0.15, 0.2) is 11.2 Å². The van der Waals surface area contributed by atoms with Crippen LogP contribution in [-0.2, 0) is 0 Å². The lowest BCUT2D eigenvalue weighted by Crippen LogP contribution is -2.12. The molecule has 37 heavy (non-hydrogen) atoms. The number of nitrogens with zero attached hydrogens (tertiary/aromatic N) is 2. The highest BCUT2D eigenvalue weighted by atomic mass is 19.1. The van der Waals surface area contributed by atoms with Gasteiger partial charge in [-0.2, -0.15) is 5.10 Å². The quantitative estimate of drug-likeness (QED) is 0.262. The maximum atomic E-state index is 14.4. The fourth-order valence-electron chi connectivity index (χ4n) is 4.30. The first-order chi connectivity index (χ1) is 17.7. The number of aromatic nitrogens is 2. The fraction of sp³-hybridized carbons (Fsp3) is 0.107. The van der Waals surface area contributed by atoms with Gasteiger partial charge in [0, 0.05) is 29.2 Å². The Morgan fingerprint density at radius 2 is 1.95 bits per heavy atom. The number of anilines is 2. The molecule has 0 spiro atoms. The molecule has 5 aromatic rings. The molecule has 8 nitrogen and oxygen atoms in total. The highest BCUT2D eigenvalue weighted by molar-refractivity contribution is 5.94. The minimum Gasteiger partial charge on any atom is -0.478 e. The zero-order chi connectivity index (χ0) is 26.3. The number of para-hydroxylation sites is 1. The smallest absolute Gasteiger partial charge is 0.337 e. The maximum Gasteiger partial charge on any atom is 0.337 e. The Hall–Kier alpha value is -4.92. The minimum absolute atomic E-state index is 0.135. The van der Waals surface area contributed by atoms with E-state index < -0.39 is 17.8 Å². The van der Waals surface area contributed by atoms with E-state index in [2.05, 4.69) is 10.4 Å². The third-order valence-corrected chi connectivity index (χ3v) is 6.08. The molecule has 0 aliphatic heterocycles. The van der Waals surface area contributed by atoms with E-state index in [-0.39, 0.29) is 22.4 Å². The first kappa shape index (κ1) is 23.8. The molecule has 186 valence electrons. The summed E-state index contributed by atoms with van der Waals surface area (Å²) in [6, 6.07) is 15.5. The summed E-state index contributed by atoms with van der Waals surface area (Å²) >= 11 is 0. The van der Waals surface area contributed by atoms with E-state index in [0.717, 1.165) is 5.56 Å². The van der Waals surface area contributed by atoms with Crippen molar-refractivity contribution in [3.63, 3.8) is 0 Å². The van der Waals surface area contributed by atoms with Crippen LogP contribution in [0.5, 0.6) is 0 Å². The molecular weight excluding hydrogens is 475 g/mol. The van der Waals surface area contributed by atoms with Gasteiger partial charge in [0.1, 0.15) is 17.0 Å². The predicted molar refractivity (Wildman–Crippen MR) is 140 cm³/mol. The molecule has 0 bridgehead atoms. The van der Waals surface area contributed by atoms with Gasteiger partial charge in [-0.1, -0.05) is 18.2 Å². The van der Waals surface area contributed by atoms with Gasteiger partial charge in [0.05, 0.1) is 28.8 Å². The van der Waals surface area contributed by atoms with Gasteiger partial charge in [-0.15, -0.1) is 0 Å². The van der Waals surface area contributed by atoms with Crippen molar-refractivity contribution in [2.75, 3.05) is 11.1 Å². The number of nitrogens with two attached hydrogens (primary N) is 1. The lowest BCUT2D eigenvalue weighted by Gasteiger charge is -2.19. The summed E-state index contributed by atoms with van der Waals surface area (Å²) in [5, 5.41) is 17.4. The summed E-state index contributed by atoms with van der Waals surface area (Å²) in [5.41, 5.74) is 8.87. The van der Waals surface area contributed by atoms with Crippen molar-refractivity contribution in [3.8, 4) is 17.0 Å². The molecule has 0 radical (unpaired) electrons. The Kier molecular flexibility index (Phi) is 5.96. The van der Waals surface area contributed by atoms with E-state index in [1.165, 1.54) is 35.1 Å². The van der Waals surface area contributed by atoms with Crippen LogP contribution in [0, 0.1) is 12.7 Å². The number of carbonyl (C=O) groups is 1. The molecule has 4 N–H and O–H groups in total. The Balaban J connectivity index is 1.58. The lowest BCUT2D eigenvalue weighted by molar-refractivity contribution is 0.0698. The average molecular weight is 499 g/mol. The molecule has 1 unspecified atom stereocenters. The van der Waals surface area contributed by atoms with E-state index in [0.29, 0.717) is 33.5 Å². The first-order valence-electron chi connectivity index (χ1n) is 11.5. The molecule has 3 aromatic carbocycles. The van der Waals surface area contributed by atoms with Gasteiger partial charge in [-0.05, 0) is 55.8 Å². The van der Waals surface area contributed by atoms with Gasteiger partial charge in [-0.25, -0.2) is 13.9 Å². The van der Waals surface area contributed by atoms with E-state index in [1.54, 1.807) is 36.5 Å². The fourth-order valence-corrected chi connectivity index (χ4v) is 4.30. The maximum absolute atomic E-state index is 14.4. The summed E-state index contributed by atoms with van der Waals surface area (Å²) in [6.45, 7) is 3.74. The summed E-state index contributed by atoms with van der Waals surface area (Å²) in [7, 11) is 0. The zero-order valence-corrected chi connectivity index (χ0v) is 20.0. The number of hydrogen-bond donors (Lipinski definition) is 3. The number of rotatable bonds is 6. The number of hydrogen-bond acceptors (Lipinski definition) is 6. The summed E-state index contributed by atoms with van der Waals surface area (Å²) in [5.74, 6) is -1.32. The second-order valence-corrected chi connectivity index (χ2v) is 8.81. The summed E-state index contributed by atoms with van der Waals surface area (Å²) < 4.78 is 22.0. The lowest BCUT2D eigenvalue weighted by atomic mass is 10.0. The molecule has 1 atom stereocenters. The molecule has 0 saturated carbocycles. The Bertz CT molecular complexity index is 1720. The number of benzene rings is 3. The zero-order valence-electron chi connectivity index (χ0n) is 20.0. The van der Waals surface area contributed by atoms with Gasteiger partial charge >= 0.3 is 5.97 Å². The number of carboxylic acid groups (broad SMARTS) is 1. The minimum atomic E-state index is -1.05. The van der Waals surface area contributed by atoms with E-state index in [1.807, 2.05) is 19.9 Å². The Labute approximate surface area is 210 Å². The van der Waals surface area contributed by atoms with Crippen molar-refractivity contribution in [1.29, 1.82) is 0 Å². The van der Waals surface area contributed by atoms with Crippen molar-refractivity contribution in [1.82, 2.24) is 9.78 Å². The highest BCUT2D eigenvalue weighted by Crippen LogP contribution is 2.31. The number of aryl methyl sites for hydroxylation is 1. The van der Waals surface area contributed by atoms with Crippen molar-refractivity contribution < 1.29 is 18.7 Å². The van der Waals surface area contributed by atoms with E-state index >= 15 is 0 Å². The van der Waals surface area contributed by atoms with Gasteiger partial charge < -0.3 is 20.6 Å². The molecule has 0 amide bonds. The topological polar surface area (TPSA) is 123 Å². The highest BCUT2D eigenvalue weighted by Gasteiger charge is 2.19. The van der Waals surface area contributed by atoms with Gasteiger partial charge in [0.25, 0.3) is 0 Å². The molecule has 0 aliphatic carbocycles. The SMILES string of the molecule is Cc1cc(C(C)Nc2ccccc2C(=O)O)c2oc(-c3cnn(-c4ccc(N)cc4F)c3)cc(=O)c2c1. The summed E-state index contributed by atoms with van der Waals surface area (Å²) in [4.78, 5) is 24.8. The van der Waals surface area contributed by atoms with Crippen molar-refractivity contribution in [3.05, 3.63) is 106 Å². The second-order valence-electron chi connectivity index (χ2n) is 8.81. The number of nitrogen functional groups attached to an aromatic ring is 1. The van der Waals surface area contributed by atoms with Crippen LogP contribution in [0.2, 0.25) is 0 Å². The molecular formula is C28H23FN4O4. The van der Waals surface area contributed by atoms with Crippen LogP contribution < -0.4 is 16.5 Å². The van der Waals surface area contributed by atoms with Crippen LogP contribution in [0.1, 0.15) is 34.5 Å². The molecule has 5 rings (SSSR count). The van der Waals surface area contributed by atoms with Crippen molar-refractivity contribution in [2.45, 2.75) is 19.9 Å². The van der Waals surface area contributed by atoms with Crippen molar-refractivity contribution >= 4 is 28.3 Å². The molecule has 0 saturated heterocycles. The third-order valence-electron chi connectivity index (χ3n) is 6.08. The van der Waals surface area contributed by atoms with Crippen LogP contribution in [0.3, 0.4) is 0 Å². The number of halogens is 1. The molecule has 0 fully saturated rings. The van der Waals surface area contributed by atoms with Crippen LogP contribution in [0.4, 0.5) is 15.8 Å². The van der Waals surface area contributed by atoms with Gasteiger partial charge in [-0.3, -0.25) is 4.79 Å². The van der Waals surface area contributed by atoms with E-state index in [9.17, 15) is 19.1 Å². The largest absolute Gasteiger partial charge is 0.478 e. The van der Waals surface area contributed by atoms with Crippen LogP contribution in [-0.4, -0.2) is 20.9 Å². The van der Waals surface area contributed by atoms with Gasteiger partial charge in [0.2, 0.25) is 0 Å². The van der Waals surface area contributed by atoms with Crippen LogP contribution in [0.15, 0.2) is 82.3 Å². The van der Waals surface area contributed by atoms with Crippen LogP contribution in [0.25, 0.3) is 28.0 Å². The normalized spacial score (nSPS) is 12.0. The third kappa shape index (κ3) is 4.54. The Morgan fingerprint density at radius 1 is 1.16 bits per heavy atom. The first-order valence-corrected chi connectivity index (χ1v) is 11.5. The summed E-state index contributed by atoms with van der Waals surface area (Å²) in [6.07, 6.45) is 3.05. The molecule has 0 aliphatic rings.